The summed E-state index contributed by atoms with van der Waals surface area (Å²) in [5.41, 5.74) is 1.01. The zero-order chi connectivity index (χ0) is 14.4. The molecule has 0 saturated heterocycles. The molecule has 5 heteroatoms. The SMILES string of the molecule is CCCNC(Cc1nccs1)Cc1c(Cl)cccc1Cl. The van der Waals surface area contributed by atoms with Gasteiger partial charge >= 0.3 is 0 Å². The molecule has 0 bridgehead atoms. The van der Waals surface area contributed by atoms with Crippen molar-refractivity contribution in [1.29, 1.82) is 0 Å². The first-order valence-electron chi connectivity index (χ1n) is 6.75. The van der Waals surface area contributed by atoms with Gasteiger partial charge in [0.2, 0.25) is 0 Å². The maximum atomic E-state index is 6.26. The molecule has 0 aliphatic heterocycles. The van der Waals surface area contributed by atoms with E-state index in [0.29, 0.717) is 6.04 Å². The summed E-state index contributed by atoms with van der Waals surface area (Å²) in [6.45, 7) is 3.15. The monoisotopic (exact) mass is 328 g/mol. The molecule has 0 spiro atoms. The molecule has 0 radical (unpaired) electrons. The van der Waals surface area contributed by atoms with Crippen molar-refractivity contribution in [3.63, 3.8) is 0 Å². The van der Waals surface area contributed by atoms with Gasteiger partial charge in [0.1, 0.15) is 0 Å². The number of rotatable bonds is 7. The van der Waals surface area contributed by atoms with Crippen molar-refractivity contribution in [3.05, 3.63) is 50.4 Å². The number of halogens is 2. The van der Waals surface area contributed by atoms with Crippen LogP contribution < -0.4 is 5.32 Å². The Hall–Kier alpha value is -0.610. The Labute approximate surface area is 134 Å². The standard InChI is InChI=1S/C15H18Cl2N2S/c1-2-6-18-11(10-15-19-7-8-20-15)9-12-13(16)4-3-5-14(12)17/h3-5,7-8,11,18H,2,6,9-10H2,1H3. The van der Waals surface area contributed by atoms with Gasteiger partial charge in [-0.15, -0.1) is 11.3 Å². The normalized spacial score (nSPS) is 12.6. The van der Waals surface area contributed by atoms with E-state index in [2.05, 4.69) is 17.2 Å². The Morgan fingerprint density at radius 3 is 2.60 bits per heavy atom. The van der Waals surface area contributed by atoms with Crippen molar-refractivity contribution in [2.45, 2.75) is 32.2 Å². The van der Waals surface area contributed by atoms with E-state index in [9.17, 15) is 0 Å². The summed E-state index contributed by atoms with van der Waals surface area (Å²) in [6, 6.07) is 5.97. The predicted octanol–water partition coefficient (Wildman–Crippen LogP) is 4.60. The summed E-state index contributed by atoms with van der Waals surface area (Å²) < 4.78 is 0. The van der Waals surface area contributed by atoms with Crippen molar-refractivity contribution in [2.24, 2.45) is 0 Å². The summed E-state index contributed by atoms with van der Waals surface area (Å²) in [6.07, 6.45) is 4.67. The first kappa shape index (κ1) is 15.8. The quantitative estimate of drug-likeness (QED) is 0.803. The van der Waals surface area contributed by atoms with Crippen molar-refractivity contribution in [2.75, 3.05) is 6.54 Å². The third-order valence-corrected chi connectivity index (χ3v) is 4.61. The topological polar surface area (TPSA) is 24.9 Å². The van der Waals surface area contributed by atoms with Crippen LogP contribution in [0, 0.1) is 0 Å². The van der Waals surface area contributed by atoms with Gasteiger partial charge < -0.3 is 5.32 Å². The molecule has 2 aromatic rings. The molecule has 0 fully saturated rings. The highest BCUT2D eigenvalue weighted by molar-refractivity contribution is 7.09. The molecule has 20 heavy (non-hydrogen) atoms. The number of nitrogens with zero attached hydrogens (tertiary/aromatic N) is 1. The molecule has 2 nitrogen and oxygen atoms in total. The van der Waals surface area contributed by atoms with Crippen molar-refractivity contribution in [1.82, 2.24) is 10.3 Å². The molecule has 108 valence electrons. The maximum absolute atomic E-state index is 6.26. The highest BCUT2D eigenvalue weighted by atomic mass is 35.5. The molecule has 1 N–H and O–H groups in total. The van der Waals surface area contributed by atoms with Crippen molar-refractivity contribution >= 4 is 34.5 Å². The van der Waals surface area contributed by atoms with Crippen LogP contribution in [0.15, 0.2) is 29.8 Å². The van der Waals surface area contributed by atoms with Gasteiger partial charge in [-0.25, -0.2) is 4.98 Å². The van der Waals surface area contributed by atoms with Gasteiger partial charge in [0, 0.05) is 34.1 Å². The summed E-state index contributed by atoms with van der Waals surface area (Å²) >= 11 is 14.2. The van der Waals surface area contributed by atoms with E-state index in [1.807, 2.05) is 29.8 Å². The van der Waals surface area contributed by atoms with E-state index in [1.54, 1.807) is 11.3 Å². The van der Waals surface area contributed by atoms with E-state index in [0.717, 1.165) is 46.4 Å². The second-order valence-corrected chi connectivity index (χ2v) is 6.48. The van der Waals surface area contributed by atoms with Crippen LogP contribution in [0.1, 0.15) is 23.9 Å². The van der Waals surface area contributed by atoms with Crippen LogP contribution in [0.25, 0.3) is 0 Å². The minimum absolute atomic E-state index is 0.304. The van der Waals surface area contributed by atoms with Crippen molar-refractivity contribution < 1.29 is 0 Å². The number of nitrogens with one attached hydrogen (secondary N) is 1. The summed E-state index contributed by atoms with van der Waals surface area (Å²) in [7, 11) is 0. The molecule has 0 aliphatic rings. The molecule has 1 aromatic heterocycles. The second-order valence-electron chi connectivity index (χ2n) is 4.69. The smallest absolute Gasteiger partial charge is 0.0940 e. The molecule has 0 saturated carbocycles. The molecule has 0 aliphatic carbocycles. The predicted molar refractivity (Wildman–Crippen MR) is 88.1 cm³/mol. The average Bonchev–Trinajstić information content (AvgIpc) is 2.93. The average molecular weight is 329 g/mol. The fourth-order valence-electron chi connectivity index (χ4n) is 2.10. The molecule has 1 unspecified atom stereocenters. The lowest BCUT2D eigenvalue weighted by atomic mass is 10.0. The molecule has 1 aromatic carbocycles. The van der Waals surface area contributed by atoms with Gasteiger partial charge in [0.05, 0.1) is 5.01 Å². The third-order valence-electron chi connectivity index (χ3n) is 3.10. The van der Waals surface area contributed by atoms with E-state index >= 15 is 0 Å². The van der Waals surface area contributed by atoms with Crippen LogP contribution in [0.4, 0.5) is 0 Å². The Morgan fingerprint density at radius 2 is 2.00 bits per heavy atom. The van der Waals surface area contributed by atoms with Crippen LogP contribution in [0.5, 0.6) is 0 Å². The molecule has 1 atom stereocenters. The molecular weight excluding hydrogens is 311 g/mol. The minimum atomic E-state index is 0.304. The first-order valence-corrected chi connectivity index (χ1v) is 8.39. The number of aromatic nitrogens is 1. The highest BCUT2D eigenvalue weighted by Gasteiger charge is 2.15. The molecular formula is C15H18Cl2N2S. The number of thiazole rings is 1. The summed E-state index contributed by atoms with van der Waals surface area (Å²) in [5.74, 6) is 0. The Morgan fingerprint density at radius 1 is 1.25 bits per heavy atom. The highest BCUT2D eigenvalue weighted by Crippen LogP contribution is 2.26. The summed E-state index contributed by atoms with van der Waals surface area (Å²) in [5, 5.41) is 8.18. The van der Waals surface area contributed by atoms with Crippen LogP contribution in [-0.4, -0.2) is 17.6 Å². The number of benzene rings is 1. The second kappa shape index (κ2) is 7.99. The number of hydrogen-bond acceptors (Lipinski definition) is 3. The first-order chi connectivity index (χ1) is 9.70. The largest absolute Gasteiger partial charge is 0.313 e. The van der Waals surface area contributed by atoms with E-state index in [-0.39, 0.29) is 0 Å². The van der Waals surface area contributed by atoms with Gasteiger partial charge in [-0.3, -0.25) is 0 Å². The molecule has 2 rings (SSSR count). The lowest BCUT2D eigenvalue weighted by Gasteiger charge is -2.19. The third kappa shape index (κ3) is 4.45. The Bertz CT molecular complexity index is 508. The van der Waals surface area contributed by atoms with Gasteiger partial charge in [0.15, 0.2) is 0 Å². The number of hydrogen-bond donors (Lipinski definition) is 1. The van der Waals surface area contributed by atoms with Gasteiger partial charge in [-0.05, 0) is 37.1 Å². The zero-order valence-corrected chi connectivity index (χ0v) is 13.7. The molecule has 0 amide bonds. The minimum Gasteiger partial charge on any atom is -0.313 e. The van der Waals surface area contributed by atoms with Crippen LogP contribution in [-0.2, 0) is 12.8 Å². The van der Waals surface area contributed by atoms with E-state index < -0.39 is 0 Å². The zero-order valence-electron chi connectivity index (χ0n) is 11.4. The lowest BCUT2D eigenvalue weighted by Crippen LogP contribution is -2.34. The Kier molecular flexibility index (Phi) is 6.30. The van der Waals surface area contributed by atoms with Gasteiger partial charge in [-0.2, -0.15) is 0 Å². The van der Waals surface area contributed by atoms with Crippen molar-refractivity contribution in [3.8, 4) is 0 Å². The fourth-order valence-corrected chi connectivity index (χ4v) is 3.35. The Balaban J connectivity index is 2.10. The van der Waals surface area contributed by atoms with Crippen LogP contribution >= 0.6 is 34.5 Å². The van der Waals surface area contributed by atoms with Gasteiger partial charge in [0.25, 0.3) is 0 Å². The lowest BCUT2D eigenvalue weighted by molar-refractivity contribution is 0.504. The maximum Gasteiger partial charge on any atom is 0.0940 e. The molecule has 1 heterocycles. The van der Waals surface area contributed by atoms with Crippen LogP contribution in [0.2, 0.25) is 10.0 Å². The van der Waals surface area contributed by atoms with Crippen LogP contribution in [0.3, 0.4) is 0 Å². The summed E-state index contributed by atoms with van der Waals surface area (Å²) in [4.78, 5) is 4.36. The van der Waals surface area contributed by atoms with Gasteiger partial charge in [-0.1, -0.05) is 36.2 Å². The van der Waals surface area contributed by atoms with E-state index in [4.69, 9.17) is 23.2 Å². The van der Waals surface area contributed by atoms with E-state index in [1.165, 1.54) is 0 Å². The fraction of sp³-hybridized carbons (Fsp3) is 0.400.